The highest BCUT2D eigenvalue weighted by Crippen LogP contribution is 2.35. The molecule has 3 nitrogen and oxygen atoms in total. The lowest BCUT2D eigenvalue weighted by atomic mass is 10.1. The molecule has 4 heteroatoms. The second kappa shape index (κ2) is 5.57. The highest BCUT2D eigenvalue weighted by molar-refractivity contribution is 5.15. The van der Waals surface area contributed by atoms with E-state index in [1.165, 1.54) is 31.4 Å². The highest BCUT2D eigenvalue weighted by atomic mass is 19.1. The van der Waals surface area contributed by atoms with E-state index in [1.807, 2.05) is 12.1 Å². The van der Waals surface area contributed by atoms with Gasteiger partial charge >= 0.3 is 0 Å². The van der Waals surface area contributed by atoms with Gasteiger partial charge in [-0.15, -0.1) is 0 Å². The third kappa shape index (κ3) is 3.53. The first-order chi connectivity index (χ1) is 9.20. The molecule has 1 aromatic rings. The fraction of sp³-hybridized carbons (Fsp3) is 0.600. The Labute approximate surface area is 114 Å². The van der Waals surface area contributed by atoms with Gasteiger partial charge in [-0.1, -0.05) is 12.1 Å². The molecule has 1 saturated carbocycles. The van der Waals surface area contributed by atoms with Gasteiger partial charge in [-0.05, 0) is 49.9 Å². The first-order valence-electron chi connectivity index (χ1n) is 7.15. The Morgan fingerprint density at radius 3 is 2.63 bits per heavy atom. The molecule has 104 valence electrons. The Morgan fingerprint density at radius 2 is 1.95 bits per heavy atom. The average molecular weight is 263 g/mol. The minimum Gasteiger partial charge on any atom is -0.301 e. The van der Waals surface area contributed by atoms with Crippen molar-refractivity contribution >= 4 is 0 Å². The van der Waals surface area contributed by atoms with Gasteiger partial charge in [0.25, 0.3) is 0 Å². The first kappa shape index (κ1) is 13.0. The van der Waals surface area contributed by atoms with Gasteiger partial charge in [0.2, 0.25) is 0 Å². The highest BCUT2D eigenvalue weighted by Gasteiger charge is 2.36. The molecule has 1 heterocycles. The van der Waals surface area contributed by atoms with Crippen molar-refractivity contribution in [3.05, 3.63) is 35.6 Å². The molecular weight excluding hydrogens is 241 g/mol. The second-order valence-electron chi connectivity index (χ2n) is 5.99. The van der Waals surface area contributed by atoms with Crippen molar-refractivity contribution in [2.45, 2.75) is 37.9 Å². The summed E-state index contributed by atoms with van der Waals surface area (Å²) < 4.78 is 12.8. The first-order valence-corrected chi connectivity index (χ1v) is 7.15. The van der Waals surface area contributed by atoms with Crippen molar-refractivity contribution in [3.63, 3.8) is 0 Å². The van der Waals surface area contributed by atoms with Gasteiger partial charge in [0.05, 0.1) is 0 Å². The Morgan fingerprint density at radius 1 is 1.21 bits per heavy atom. The summed E-state index contributed by atoms with van der Waals surface area (Å²) in [7, 11) is 2.12. The van der Waals surface area contributed by atoms with Gasteiger partial charge in [0, 0.05) is 25.2 Å². The van der Waals surface area contributed by atoms with E-state index in [4.69, 9.17) is 0 Å². The third-order valence-corrected chi connectivity index (χ3v) is 4.10. The number of hydrogen-bond acceptors (Lipinski definition) is 3. The number of nitrogens with one attached hydrogen (secondary N) is 2. The van der Waals surface area contributed by atoms with Crippen LogP contribution in [0.4, 0.5) is 4.39 Å². The molecule has 2 unspecified atom stereocenters. The van der Waals surface area contributed by atoms with E-state index in [-0.39, 0.29) is 5.82 Å². The monoisotopic (exact) mass is 263 g/mol. The zero-order valence-corrected chi connectivity index (χ0v) is 11.4. The normalized spacial score (nSPS) is 27.1. The van der Waals surface area contributed by atoms with E-state index in [0.29, 0.717) is 12.1 Å². The van der Waals surface area contributed by atoms with Crippen LogP contribution in [0.2, 0.25) is 0 Å². The van der Waals surface area contributed by atoms with Crippen LogP contribution in [0.5, 0.6) is 0 Å². The fourth-order valence-electron chi connectivity index (χ4n) is 2.92. The molecule has 0 bridgehead atoms. The van der Waals surface area contributed by atoms with E-state index in [2.05, 4.69) is 22.8 Å². The number of likely N-dealkylation sites (N-methyl/N-ethyl adjacent to an activating group) is 1. The van der Waals surface area contributed by atoms with Crippen LogP contribution in [0.3, 0.4) is 0 Å². The zero-order valence-electron chi connectivity index (χ0n) is 11.4. The van der Waals surface area contributed by atoms with Gasteiger partial charge in [-0.2, -0.15) is 0 Å². The number of hydrogen-bond donors (Lipinski definition) is 2. The molecule has 2 fully saturated rings. The molecule has 1 aliphatic carbocycles. The molecule has 1 aliphatic heterocycles. The van der Waals surface area contributed by atoms with Gasteiger partial charge < -0.3 is 4.90 Å². The summed E-state index contributed by atoms with van der Waals surface area (Å²) in [5, 5.41) is 0. The van der Waals surface area contributed by atoms with Crippen LogP contribution in [0, 0.1) is 11.7 Å². The van der Waals surface area contributed by atoms with Crippen molar-refractivity contribution in [2.24, 2.45) is 5.92 Å². The quantitative estimate of drug-likeness (QED) is 0.849. The fourth-order valence-corrected chi connectivity index (χ4v) is 2.92. The van der Waals surface area contributed by atoms with Crippen LogP contribution in [-0.2, 0) is 6.54 Å². The van der Waals surface area contributed by atoms with Crippen LogP contribution < -0.4 is 10.9 Å². The standard InChI is InChI=1S/C15H22FN3/c1-19(9-11-2-6-13(16)7-3-11)10-14-8-15(18-17-14)12-4-5-12/h2-3,6-7,12,14-15,17-18H,4-5,8-10H2,1H3. The lowest BCUT2D eigenvalue weighted by molar-refractivity contribution is 0.289. The second-order valence-corrected chi connectivity index (χ2v) is 5.99. The molecule has 2 atom stereocenters. The third-order valence-electron chi connectivity index (χ3n) is 4.10. The summed E-state index contributed by atoms with van der Waals surface area (Å²) in [6, 6.07) is 7.97. The molecule has 19 heavy (non-hydrogen) atoms. The summed E-state index contributed by atoms with van der Waals surface area (Å²) >= 11 is 0. The largest absolute Gasteiger partial charge is 0.301 e. The molecule has 0 aromatic heterocycles. The summed E-state index contributed by atoms with van der Waals surface area (Å²) in [4.78, 5) is 2.29. The molecule has 2 aliphatic rings. The number of benzene rings is 1. The molecule has 1 aromatic carbocycles. The Balaban J connectivity index is 1.45. The van der Waals surface area contributed by atoms with Crippen LogP contribution in [0.25, 0.3) is 0 Å². The molecule has 1 saturated heterocycles. The van der Waals surface area contributed by atoms with Crippen molar-refractivity contribution in [1.29, 1.82) is 0 Å². The van der Waals surface area contributed by atoms with Crippen molar-refractivity contribution in [2.75, 3.05) is 13.6 Å². The van der Waals surface area contributed by atoms with Crippen LogP contribution in [-0.4, -0.2) is 30.6 Å². The Hall–Kier alpha value is -0.970. The maximum absolute atomic E-state index is 12.8. The topological polar surface area (TPSA) is 27.3 Å². The number of hydrazine groups is 1. The lowest BCUT2D eigenvalue weighted by Gasteiger charge is -2.20. The van der Waals surface area contributed by atoms with Gasteiger partial charge in [-0.3, -0.25) is 10.9 Å². The summed E-state index contributed by atoms with van der Waals surface area (Å²) in [5.41, 5.74) is 7.98. The number of nitrogens with zero attached hydrogens (tertiary/aromatic N) is 1. The predicted molar refractivity (Wildman–Crippen MR) is 73.9 cm³/mol. The molecular formula is C15H22FN3. The molecule has 2 N–H and O–H groups in total. The van der Waals surface area contributed by atoms with Gasteiger partial charge in [-0.25, -0.2) is 4.39 Å². The van der Waals surface area contributed by atoms with Crippen molar-refractivity contribution in [1.82, 2.24) is 15.8 Å². The van der Waals surface area contributed by atoms with Gasteiger partial charge in [0.1, 0.15) is 5.82 Å². The minimum atomic E-state index is -0.166. The predicted octanol–water partition coefficient (Wildman–Crippen LogP) is 1.90. The van der Waals surface area contributed by atoms with E-state index in [0.717, 1.165) is 24.6 Å². The molecule has 3 rings (SSSR count). The van der Waals surface area contributed by atoms with Crippen LogP contribution >= 0.6 is 0 Å². The van der Waals surface area contributed by atoms with Crippen LogP contribution in [0.1, 0.15) is 24.8 Å². The SMILES string of the molecule is CN(Cc1ccc(F)cc1)CC1CC(C2CC2)NN1. The van der Waals surface area contributed by atoms with Gasteiger partial charge in [0.15, 0.2) is 0 Å². The smallest absolute Gasteiger partial charge is 0.123 e. The minimum absolute atomic E-state index is 0.166. The maximum atomic E-state index is 12.8. The molecule has 0 radical (unpaired) electrons. The Bertz CT molecular complexity index is 416. The van der Waals surface area contributed by atoms with E-state index in [9.17, 15) is 4.39 Å². The summed E-state index contributed by atoms with van der Waals surface area (Å²) in [6.45, 7) is 1.89. The Kier molecular flexibility index (Phi) is 3.82. The zero-order chi connectivity index (χ0) is 13.2. The van der Waals surface area contributed by atoms with Crippen molar-refractivity contribution in [3.8, 4) is 0 Å². The van der Waals surface area contributed by atoms with E-state index in [1.54, 1.807) is 0 Å². The molecule has 0 amide bonds. The number of rotatable bonds is 5. The summed E-state index contributed by atoms with van der Waals surface area (Å²) in [6.07, 6.45) is 3.99. The summed E-state index contributed by atoms with van der Waals surface area (Å²) in [5.74, 6) is 0.736. The van der Waals surface area contributed by atoms with E-state index < -0.39 is 0 Å². The number of halogens is 1. The van der Waals surface area contributed by atoms with Crippen LogP contribution in [0.15, 0.2) is 24.3 Å². The van der Waals surface area contributed by atoms with Crippen molar-refractivity contribution < 1.29 is 4.39 Å². The lowest BCUT2D eigenvalue weighted by Crippen LogP contribution is -2.39. The maximum Gasteiger partial charge on any atom is 0.123 e. The molecule has 0 spiro atoms. The average Bonchev–Trinajstić information content (AvgIpc) is 3.14. The van der Waals surface area contributed by atoms with E-state index >= 15 is 0 Å².